The highest BCUT2D eigenvalue weighted by molar-refractivity contribution is 5.32. The van der Waals surface area contributed by atoms with Crippen LogP contribution in [-0.2, 0) is 13.0 Å². The van der Waals surface area contributed by atoms with Gasteiger partial charge in [0.05, 0.1) is 18.8 Å². The molecule has 2 aromatic rings. The highest BCUT2D eigenvalue weighted by atomic mass is 16.4. The third kappa shape index (κ3) is 1.86. The maximum absolute atomic E-state index is 10.0. The van der Waals surface area contributed by atoms with Crippen LogP contribution in [-0.4, -0.2) is 14.7 Å². The SMILES string of the molecule is Cc1cnc(Cn2c(C)cc3c2CCCC3O)o1. The van der Waals surface area contributed by atoms with E-state index in [2.05, 4.69) is 22.5 Å². The number of nitrogens with zero attached hydrogens (tertiary/aromatic N) is 2. The third-order valence-electron chi connectivity index (χ3n) is 3.66. The molecule has 4 heteroatoms. The van der Waals surface area contributed by atoms with Gasteiger partial charge in [-0.15, -0.1) is 0 Å². The minimum atomic E-state index is -0.306. The highest BCUT2D eigenvalue weighted by Gasteiger charge is 2.23. The van der Waals surface area contributed by atoms with Crippen LogP contribution in [0.3, 0.4) is 0 Å². The quantitative estimate of drug-likeness (QED) is 0.885. The van der Waals surface area contributed by atoms with Crippen molar-refractivity contribution in [3.8, 4) is 0 Å². The van der Waals surface area contributed by atoms with E-state index in [0.717, 1.165) is 42.2 Å². The summed E-state index contributed by atoms with van der Waals surface area (Å²) in [6.07, 6.45) is 4.38. The lowest BCUT2D eigenvalue weighted by molar-refractivity contribution is 0.155. The van der Waals surface area contributed by atoms with Gasteiger partial charge in [0, 0.05) is 17.0 Å². The van der Waals surface area contributed by atoms with Crippen LogP contribution in [0.2, 0.25) is 0 Å². The Hall–Kier alpha value is -1.55. The van der Waals surface area contributed by atoms with Crippen molar-refractivity contribution in [2.24, 2.45) is 0 Å². The Balaban J connectivity index is 1.97. The first kappa shape index (κ1) is 11.5. The fraction of sp³-hybridized carbons (Fsp3) is 0.500. The Kier molecular flexibility index (Phi) is 2.74. The molecule has 0 radical (unpaired) electrons. The molecule has 0 aromatic carbocycles. The van der Waals surface area contributed by atoms with Gasteiger partial charge in [-0.05, 0) is 39.2 Å². The van der Waals surface area contributed by atoms with Crippen LogP contribution in [0.5, 0.6) is 0 Å². The summed E-state index contributed by atoms with van der Waals surface area (Å²) < 4.78 is 7.75. The van der Waals surface area contributed by atoms with Crippen molar-refractivity contribution in [3.05, 3.63) is 40.9 Å². The molecule has 18 heavy (non-hydrogen) atoms. The standard InChI is InChI=1S/C14H18N2O2/c1-9-6-11-12(4-3-5-13(11)17)16(9)8-14-15-7-10(2)18-14/h6-7,13,17H,3-5,8H2,1-2H3. The first-order valence-corrected chi connectivity index (χ1v) is 6.43. The second-order valence-corrected chi connectivity index (χ2v) is 5.05. The van der Waals surface area contributed by atoms with Gasteiger partial charge in [-0.3, -0.25) is 0 Å². The first-order valence-electron chi connectivity index (χ1n) is 6.43. The zero-order valence-electron chi connectivity index (χ0n) is 10.8. The average molecular weight is 246 g/mol. The molecule has 4 nitrogen and oxygen atoms in total. The lowest BCUT2D eigenvalue weighted by Gasteiger charge is -2.19. The van der Waals surface area contributed by atoms with Gasteiger partial charge in [-0.25, -0.2) is 4.98 Å². The van der Waals surface area contributed by atoms with Crippen molar-refractivity contribution >= 4 is 0 Å². The van der Waals surface area contributed by atoms with Crippen LogP contribution in [0.1, 0.15) is 47.5 Å². The molecule has 0 saturated carbocycles. The lowest BCUT2D eigenvalue weighted by atomic mass is 9.95. The largest absolute Gasteiger partial charge is 0.444 e. The molecule has 0 saturated heterocycles. The Labute approximate surface area is 106 Å². The molecule has 3 rings (SSSR count). The van der Waals surface area contributed by atoms with E-state index in [4.69, 9.17) is 4.42 Å². The lowest BCUT2D eigenvalue weighted by Crippen LogP contribution is -2.13. The fourth-order valence-electron chi connectivity index (χ4n) is 2.77. The van der Waals surface area contributed by atoms with Gasteiger partial charge in [0.15, 0.2) is 0 Å². The monoisotopic (exact) mass is 246 g/mol. The van der Waals surface area contributed by atoms with Gasteiger partial charge in [0.2, 0.25) is 5.89 Å². The Morgan fingerprint density at radius 3 is 3.06 bits per heavy atom. The highest BCUT2D eigenvalue weighted by Crippen LogP contribution is 2.32. The van der Waals surface area contributed by atoms with Crippen molar-refractivity contribution in [3.63, 3.8) is 0 Å². The van der Waals surface area contributed by atoms with E-state index in [1.807, 2.05) is 6.92 Å². The molecule has 1 aliphatic carbocycles. The first-order chi connectivity index (χ1) is 8.65. The fourth-order valence-corrected chi connectivity index (χ4v) is 2.77. The molecule has 0 spiro atoms. The summed E-state index contributed by atoms with van der Waals surface area (Å²) in [5.74, 6) is 1.57. The molecule has 1 atom stereocenters. The van der Waals surface area contributed by atoms with E-state index in [9.17, 15) is 5.11 Å². The zero-order chi connectivity index (χ0) is 12.7. The van der Waals surface area contributed by atoms with Gasteiger partial charge in [-0.2, -0.15) is 0 Å². The van der Waals surface area contributed by atoms with E-state index in [0.29, 0.717) is 6.54 Å². The van der Waals surface area contributed by atoms with Crippen molar-refractivity contribution in [2.75, 3.05) is 0 Å². The number of aliphatic hydroxyl groups excluding tert-OH is 1. The van der Waals surface area contributed by atoms with Gasteiger partial charge in [0.25, 0.3) is 0 Å². The normalized spacial score (nSPS) is 18.9. The summed E-state index contributed by atoms with van der Waals surface area (Å²) in [5, 5.41) is 10.0. The number of hydrogen-bond acceptors (Lipinski definition) is 3. The molecule has 1 unspecified atom stereocenters. The maximum Gasteiger partial charge on any atom is 0.214 e. The van der Waals surface area contributed by atoms with Crippen molar-refractivity contribution in [1.29, 1.82) is 0 Å². The number of aliphatic hydroxyl groups is 1. The molecule has 1 N–H and O–H groups in total. The molecule has 0 fully saturated rings. The minimum absolute atomic E-state index is 0.306. The van der Waals surface area contributed by atoms with E-state index in [-0.39, 0.29) is 6.10 Å². The van der Waals surface area contributed by atoms with Gasteiger partial charge in [-0.1, -0.05) is 0 Å². The van der Waals surface area contributed by atoms with E-state index in [1.165, 1.54) is 5.69 Å². The van der Waals surface area contributed by atoms with Gasteiger partial charge in [0.1, 0.15) is 5.76 Å². The molecule has 0 bridgehead atoms. The number of hydrogen-bond donors (Lipinski definition) is 1. The van der Waals surface area contributed by atoms with Gasteiger partial charge >= 0.3 is 0 Å². The number of oxazole rings is 1. The Bertz CT molecular complexity index is 568. The molecule has 0 amide bonds. The summed E-state index contributed by atoms with van der Waals surface area (Å²) in [7, 11) is 0. The topological polar surface area (TPSA) is 51.2 Å². The third-order valence-corrected chi connectivity index (χ3v) is 3.66. The van der Waals surface area contributed by atoms with E-state index in [1.54, 1.807) is 6.20 Å². The predicted molar refractivity (Wildman–Crippen MR) is 67.4 cm³/mol. The molecule has 0 aliphatic heterocycles. The zero-order valence-corrected chi connectivity index (χ0v) is 10.8. The number of rotatable bonds is 2. The number of aromatic nitrogens is 2. The minimum Gasteiger partial charge on any atom is -0.444 e. The van der Waals surface area contributed by atoms with Crippen LogP contribution in [0.25, 0.3) is 0 Å². The summed E-state index contributed by atoms with van der Waals surface area (Å²) in [6, 6.07) is 2.09. The molecule has 2 heterocycles. The van der Waals surface area contributed by atoms with E-state index < -0.39 is 0 Å². The van der Waals surface area contributed by atoms with Crippen molar-refractivity contribution in [2.45, 2.75) is 45.8 Å². The molecule has 1 aliphatic rings. The second-order valence-electron chi connectivity index (χ2n) is 5.05. The Morgan fingerprint density at radius 2 is 2.33 bits per heavy atom. The van der Waals surface area contributed by atoms with Crippen LogP contribution < -0.4 is 0 Å². The summed E-state index contributed by atoms with van der Waals surface area (Å²) in [5.41, 5.74) is 3.49. The predicted octanol–water partition coefficient (Wildman–Crippen LogP) is 2.51. The molecule has 96 valence electrons. The van der Waals surface area contributed by atoms with Crippen LogP contribution >= 0.6 is 0 Å². The molecule has 2 aromatic heterocycles. The van der Waals surface area contributed by atoms with Crippen LogP contribution in [0.15, 0.2) is 16.7 Å². The smallest absolute Gasteiger partial charge is 0.214 e. The number of fused-ring (bicyclic) bond motifs is 1. The van der Waals surface area contributed by atoms with Gasteiger partial charge < -0.3 is 14.1 Å². The maximum atomic E-state index is 10.0. The summed E-state index contributed by atoms with van der Waals surface area (Å²) in [4.78, 5) is 4.25. The number of aryl methyl sites for hydroxylation is 2. The average Bonchev–Trinajstić information content (AvgIpc) is 2.87. The van der Waals surface area contributed by atoms with Crippen LogP contribution in [0, 0.1) is 13.8 Å². The Morgan fingerprint density at radius 1 is 1.50 bits per heavy atom. The summed E-state index contributed by atoms with van der Waals surface area (Å²) >= 11 is 0. The van der Waals surface area contributed by atoms with Crippen molar-refractivity contribution in [1.82, 2.24) is 9.55 Å². The second kappa shape index (κ2) is 4.28. The molecular formula is C14H18N2O2. The molecular weight excluding hydrogens is 228 g/mol. The van der Waals surface area contributed by atoms with E-state index >= 15 is 0 Å². The van der Waals surface area contributed by atoms with Crippen molar-refractivity contribution < 1.29 is 9.52 Å². The summed E-state index contributed by atoms with van der Waals surface area (Å²) in [6.45, 7) is 4.63. The van der Waals surface area contributed by atoms with Crippen LogP contribution in [0.4, 0.5) is 0 Å².